The average Bonchev–Trinajstić information content (AvgIpc) is 3.63. The number of hydrogen-bond donors (Lipinski definition) is 2. The molecule has 1 aliphatic carbocycles. The molecule has 196 valence electrons. The molecule has 0 unspecified atom stereocenters. The van der Waals surface area contributed by atoms with Crippen LogP contribution in [0.1, 0.15) is 53.7 Å². The van der Waals surface area contributed by atoms with Crippen LogP contribution in [-0.4, -0.2) is 61.1 Å². The summed E-state index contributed by atoms with van der Waals surface area (Å²) in [6.07, 6.45) is -3.06. The monoisotopic (exact) mass is 508 g/mol. The number of nitrogens with zero attached hydrogens (tertiary/aromatic N) is 2. The minimum absolute atomic E-state index is 0.0297. The van der Waals surface area contributed by atoms with Crippen LogP contribution in [-0.2, 0) is 11.2 Å². The van der Waals surface area contributed by atoms with Crippen molar-refractivity contribution in [3.8, 4) is 0 Å². The molecule has 2 N–H and O–H groups in total. The van der Waals surface area contributed by atoms with Crippen LogP contribution in [0.2, 0.25) is 0 Å². The molecular formula is C26H32F4N4O2. The second-order valence-electron chi connectivity index (χ2n) is 9.90. The number of halogens is 4. The number of aromatic nitrogens is 1. The lowest BCUT2D eigenvalue weighted by Crippen LogP contribution is -2.52. The van der Waals surface area contributed by atoms with E-state index in [1.54, 1.807) is 32.3 Å². The van der Waals surface area contributed by atoms with Crippen molar-refractivity contribution >= 4 is 11.8 Å². The summed E-state index contributed by atoms with van der Waals surface area (Å²) in [7, 11) is 5.03. The lowest BCUT2D eigenvalue weighted by molar-refractivity contribution is -0.195. The maximum Gasteiger partial charge on any atom is 0.395 e. The first-order valence-corrected chi connectivity index (χ1v) is 11.8. The number of nitrogens with one attached hydrogen (secondary N) is 2. The highest BCUT2D eigenvalue weighted by molar-refractivity contribution is 5.94. The van der Waals surface area contributed by atoms with Crippen LogP contribution in [0.5, 0.6) is 0 Å². The van der Waals surface area contributed by atoms with E-state index in [-0.39, 0.29) is 37.1 Å². The fraction of sp³-hybridized carbons (Fsp3) is 0.500. The van der Waals surface area contributed by atoms with Gasteiger partial charge in [-0.15, -0.1) is 0 Å². The smallest absolute Gasteiger partial charge is 0.355 e. The van der Waals surface area contributed by atoms with Crippen LogP contribution in [0, 0.1) is 11.2 Å². The largest absolute Gasteiger partial charge is 0.395 e. The van der Waals surface area contributed by atoms with Crippen LogP contribution in [0.15, 0.2) is 42.6 Å². The Bertz CT molecular complexity index is 1090. The Hall–Kier alpha value is -3.01. The van der Waals surface area contributed by atoms with Crippen molar-refractivity contribution in [3.05, 3.63) is 65.2 Å². The van der Waals surface area contributed by atoms with Crippen LogP contribution in [0.3, 0.4) is 0 Å². The number of rotatable bonds is 10. The summed E-state index contributed by atoms with van der Waals surface area (Å²) in [6.45, 7) is 2.00. The zero-order valence-electron chi connectivity index (χ0n) is 20.9. The third-order valence-electron chi connectivity index (χ3n) is 7.29. The molecule has 1 heterocycles. The van der Waals surface area contributed by atoms with E-state index in [2.05, 4.69) is 15.6 Å². The van der Waals surface area contributed by atoms with Crippen LogP contribution in [0.25, 0.3) is 0 Å². The highest BCUT2D eigenvalue weighted by Crippen LogP contribution is 2.65. The third-order valence-corrected chi connectivity index (χ3v) is 7.29. The molecule has 1 aromatic heterocycles. The van der Waals surface area contributed by atoms with Crippen molar-refractivity contribution in [3.63, 3.8) is 0 Å². The molecule has 10 heteroatoms. The molecule has 0 aliphatic heterocycles. The molecule has 0 bridgehead atoms. The minimum atomic E-state index is -4.43. The molecule has 2 atom stereocenters. The number of likely N-dealkylation sites (N-methyl/N-ethyl adjacent to an activating group) is 1. The van der Waals surface area contributed by atoms with E-state index in [0.29, 0.717) is 12.0 Å². The Balaban J connectivity index is 1.73. The Morgan fingerprint density at radius 2 is 1.86 bits per heavy atom. The second kappa shape index (κ2) is 10.5. The first-order valence-electron chi connectivity index (χ1n) is 11.8. The number of benzene rings is 1. The number of carbonyl (C=O) groups excluding carboxylic acids is 2. The topological polar surface area (TPSA) is 74.3 Å². The van der Waals surface area contributed by atoms with E-state index in [9.17, 15) is 27.2 Å². The fourth-order valence-corrected chi connectivity index (χ4v) is 4.48. The van der Waals surface area contributed by atoms with E-state index in [1.165, 1.54) is 31.4 Å². The molecule has 36 heavy (non-hydrogen) atoms. The van der Waals surface area contributed by atoms with Crippen molar-refractivity contribution < 1.29 is 27.2 Å². The highest BCUT2D eigenvalue weighted by Gasteiger charge is 2.67. The molecule has 6 nitrogen and oxygen atoms in total. The Morgan fingerprint density at radius 3 is 2.36 bits per heavy atom. The van der Waals surface area contributed by atoms with Crippen LogP contribution >= 0.6 is 0 Å². The van der Waals surface area contributed by atoms with E-state index in [4.69, 9.17) is 0 Å². The van der Waals surface area contributed by atoms with Gasteiger partial charge in [0.1, 0.15) is 5.82 Å². The Labute approximate surface area is 208 Å². The number of amides is 2. The van der Waals surface area contributed by atoms with Crippen molar-refractivity contribution in [1.82, 2.24) is 20.5 Å². The molecule has 1 saturated carbocycles. The van der Waals surface area contributed by atoms with Gasteiger partial charge in [0.25, 0.3) is 5.91 Å². The van der Waals surface area contributed by atoms with Gasteiger partial charge in [0.05, 0.1) is 11.0 Å². The Kier molecular flexibility index (Phi) is 8.07. The summed E-state index contributed by atoms with van der Waals surface area (Å²) in [5, 5.41) is 5.18. The van der Waals surface area contributed by atoms with Gasteiger partial charge in [0.2, 0.25) is 5.91 Å². The standard InChI is InChI=1S/C26H32F4N4O2/c1-24(34(3)4,15-17-8-9-18(20(27)13-17)23(36)31-2)16-33-22(35)14-19(21-7-5-6-12-32-21)25(10-11-25)26(28,29)30/h5-9,12-13,19H,10-11,14-16H2,1-4H3,(H,31,36)(H,33,35)/t19-,24+/m0/s1. The quantitative estimate of drug-likeness (QED) is 0.475. The maximum absolute atomic E-state index is 14.5. The van der Waals surface area contributed by atoms with Gasteiger partial charge >= 0.3 is 6.18 Å². The molecule has 0 radical (unpaired) electrons. The fourth-order valence-electron chi connectivity index (χ4n) is 4.48. The number of carbonyl (C=O) groups is 2. The molecule has 1 aliphatic rings. The van der Waals surface area contributed by atoms with E-state index in [0.717, 1.165) is 0 Å². The number of hydrogen-bond acceptors (Lipinski definition) is 4. The Morgan fingerprint density at radius 1 is 1.17 bits per heavy atom. The molecule has 0 spiro atoms. The molecule has 1 fully saturated rings. The normalized spacial score (nSPS) is 17.2. The van der Waals surface area contributed by atoms with Crippen molar-refractivity contribution in [2.75, 3.05) is 27.7 Å². The molecule has 2 amide bonds. The second-order valence-corrected chi connectivity index (χ2v) is 9.90. The summed E-state index contributed by atoms with van der Waals surface area (Å²) in [4.78, 5) is 30.7. The van der Waals surface area contributed by atoms with Gasteiger partial charge in [-0.3, -0.25) is 14.6 Å². The number of alkyl halides is 3. The molecule has 1 aromatic carbocycles. The van der Waals surface area contributed by atoms with Gasteiger partial charge in [-0.25, -0.2) is 4.39 Å². The summed E-state index contributed by atoms with van der Waals surface area (Å²) in [5.74, 6) is -2.76. The van der Waals surface area contributed by atoms with E-state index >= 15 is 0 Å². The minimum Gasteiger partial charge on any atom is -0.355 e. The molecular weight excluding hydrogens is 476 g/mol. The summed E-state index contributed by atoms with van der Waals surface area (Å²) in [5.41, 5.74) is -1.80. The zero-order chi connectivity index (χ0) is 26.7. The van der Waals surface area contributed by atoms with Gasteiger partial charge < -0.3 is 15.5 Å². The zero-order valence-corrected chi connectivity index (χ0v) is 20.9. The van der Waals surface area contributed by atoms with Crippen molar-refractivity contribution in [2.45, 2.75) is 50.2 Å². The first kappa shape index (κ1) is 27.6. The summed E-state index contributed by atoms with van der Waals surface area (Å²) < 4.78 is 56.2. The lowest BCUT2D eigenvalue weighted by atomic mass is 9.82. The third kappa shape index (κ3) is 5.86. The predicted molar refractivity (Wildman–Crippen MR) is 128 cm³/mol. The van der Waals surface area contributed by atoms with Gasteiger partial charge in [0.15, 0.2) is 0 Å². The first-order chi connectivity index (χ1) is 16.8. The van der Waals surface area contributed by atoms with Crippen molar-refractivity contribution in [2.24, 2.45) is 5.41 Å². The van der Waals surface area contributed by atoms with Gasteiger partial charge in [-0.1, -0.05) is 12.1 Å². The SMILES string of the molecule is CNC(=O)c1ccc(C[C@](C)(CNC(=O)C[C@@H](c2ccccn2)C2(C(F)(F)F)CC2)N(C)C)cc1F. The molecule has 2 aromatic rings. The summed E-state index contributed by atoms with van der Waals surface area (Å²) in [6, 6.07) is 9.12. The van der Waals surface area contributed by atoms with Gasteiger partial charge in [-0.05, 0) is 70.1 Å². The van der Waals surface area contributed by atoms with E-state index in [1.807, 2.05) is 11.8 Å². The molecule has 0 saturated heterocycles. The number of pyridine rings is 1. The summed E-state index contributed by atoms with van der Waals surface area (Å²) >= 11 is 0. The van der Waals surface area contributed by atoms with E-state index < -0.39 is 40.7 Å². The van der Waals surface area contributed by atoms with Crippen LogP contribution in [0.4, 0.5) is 17.6 Å². The highest BCUT2D eigenvalue weighted by atomic mass is 19.4. The lowest BCUT2D eigenvalue weighted by Gasteiger charge is -2.37. The predicted octanol–water partition coefficient (Wildman–Crippen LogP) is 4.08. The molecule has 3 rings (SSSR count). The maximum atomic E-state index is 14.5. The van der Waals surface area contributed by atoms with Crippen molar-refractivity contribution in [1.29, 1.82) is 0 Å². The average molecular weight is 509 g/mol. The van der Waals surface area contributed by atoms with Gasteiger partial charge in [0, 0.05) is 43.4 Å². The van der Waals surface area contributed by atoms with Crippen LogP contribution < -0.4 is 10.6 Å². The van der Waals surface area contributed by atoms with Gasteiger partial charge in [-0.2, -0.15) is 13.2 Å².